The molecule has 0 nitrogen and oxygen atoms in total. The first-order valence-electron chi connectivity index (χ1n) is 6.89. The smallest absolute Gasteiger partial charge is 0.00204 e. The second-order valence-electron chi connectivity index (χ2n) is 4.20. The van der Waals surface area contributed by atoms with Crippen LogP contribution < -0.4 is 0 Å². The van der Waals surface area contributed by atoms with Gasteiger partial charge in [0, 0.05) is 0 Å². The predicted octanol–water partition coefficient (Wildman–Crippen LogP) is 5.26. The van der Waals surface area contributed by atoms with Gasteiger partial charge in [-0.3, -0.25) is 0 Å². The zero-order valence-corrected chi connectivity index (χ0v) is 11.9. The summed E-state index contributed by atoms with van der Waals surface area (Å²) in [6, 6.07) is 8.75. The summed E-state index contributed by atoms with van der Waals surface area (Å²) < 4.78 is 0. The number of hydrogen-bond donors (Lipinski definition) is 0. The zero-order valence-electron chi connectivity index (χ0n) is 11.9. The van der Waals surface area contributed by atoms with Crippen LogP contribution in [0.3, 0.4) is 0 Å². The highest BCUT2D eigenvalue weighted by Gasteiger charge is 2.11. The van der Waals surface area contributed by atoms with Crippen LogP contribution >= 0.6 is 0 Å². The molecule has 0 atom stereocenters. The standard InChI is InChI=1S/C16H18.C2H6/c1-3-7-15-12-16-9-6-5-8-14(16)11-10-13(15)4-2;1-2/h3-9H,2,10-12H2,1H3;1-2H3/b7-3-;. The molecule has 1 aromatic rings. The Hall–Kier alpha value is -1.56. The van der Waals surface area contributed by atoms with Gasteiger partial charge in [-0.2, -0.15) is 0 Å². The lowest BCUT2D eigenvalue weighted by atomic mass is 10.00. The maximum Gasteiger partial charge on any atom is -0.00204 e. The second-order valence-corrected chi connectivity index (χ2v) is 4.20. The number of hydrogen-bond acceptors (Lipinski definition) is 0. The van der Waals surface area contributed by atoms with E-state index in [9.17, 15) is 0 Å². The SMILES string of the molecule is C=CC1=C(/C=C\C)Cc2ccccc2CC1.CC. The van der Waals surface area contributed by atoms with Gasteiger partial charge >= 0.3 is 0 Å². The molecule has 0 saturated heterocycles. The van der Waals surface area contributed by atoms with E-state index >= 15 is 0 Å². The van der Waals surface area contributed by atoms with Crippen LogP contribution in [0.15, 0.2) is 60.2 Å². The average Bonchev–Trinajstić information content (AvgIpc) is 2.60. The van der Waals surface area contributed by atoms with Gasteiger partial charge in [-0.15, -0.1) is 0 Å². The summed E-state index contributed by atoms with van der Waals surface area (Å²) in [5.41, 5.74) is 5.77. The Morgan fingerprint density at radius 3 is 2.28 bits per heavy atom. The van der Waals surface area contributed by atoms with Gasteiger partial charge in [-0.25, -0.2) is 0 Å². The molecule has 2 rings (SSSR count). The van der Waals surface area contributed by atoms with E-state index in [2.05, 4.69) is 49.9 Å². The molecule has 0 amide bonds. The summed E-state index contributed by atoms with van der Waals surface area (Å²) in [6.07, 6.45) is 9.65. The van der Waals surface area contributed by atoms with Crippen LogP contribution in [0, 0.1) is 0 Å². The summed E-state index contributed by atoms with van der Waals surface area (Å²) >= 11 is 0. The van der Waals surface area contributed by atoms with Crippen molar-refractivity contribution in [1.29, 1.82) is 0 Å². The highest BCUT2D eigenvalue weighted by molar-refractivity contribution is 5.42. The number of aryl methyl sites for hydroxylation is 1. The van der Waals surface area contributed by atoms with Crippen molar-refractivity contribution in [3.63, 3.8) is 0 Å². The van der Waals surface area contributed by atoms with Crippen LogP contribution in [-0.2, 0) is 12.8 Å². The molecule has 0 aliphatic heterocycles. The molecule has 0 aromatic heterocycles. The van der Waals surface area contributed by atoms with Crippen molar-refractivity contribution in [3.8, 4) is 0 Å². The second kappa shape index (κ2) is 7.71. The third kappa shape index (κ3) is 3.46. The monoisotopic (exact) mass is 240 g/mol. The highest BCUT2D eigenvalue weighted by Crippen LogP contribution is 2.26. The summed E-state index contributed by atoms with van der Waals surface area (Å²) in [4.78, 5) is 0. The van der Waals surface area contributed by atoms with Crippen molar-refractivity contribution in [2.75, 3.05) is 0 Å². The maximum atomic E-state index is 3.93. The van der Waals surface area contributed by atoms with Crippen LogP contribution in [0.25, 0.3) is 0 Å². The topological polar surface area (TPSA) is 0 Å². The lowest BCUT2D eigenvalue weighted by molar-refractivity contribution is 0.968. The molecule has 1 aromatic carbocycles. The normalized spacial score (nSPS) is 14.6. The molecule has 0 unspecified atom stereocenters. The van der Waals surface area contributed by atoms with Crippen molar-refractivity contribution < 1.29 is 0 Å². The third-order valence-electron chi connectivity index (χ3n) is 3.19. The molecule has 0 saturated carbocycles. The Morgan fingerprint density at radius 1 is 1.00 bits per heavy atom. The van der Waals surface area contributed by atoms with E-state index in [0.29, 0.717) is 0 Å². The molecule has 0 fully saturated rings. The minimum Gasteiger partial charge on any atom is -0.0988 e. The van der Waals surface area contributed by atoms with E-state index in [1.54, 1.807) is 0 Å². The first-order valence-corrected chi connectivity index (χ1v) is 6.89. The van der Waals surface area contributed by atoms with E-state index in [4.69, 9.17) is 0 Å². The molecule has 0 radical (unpaired) electrons. The summed E-state index contributed by atoms with van der Waals surface area (Å²) in [5, 5.41) is 0. The van der Waals surface area contributed by atoms with Gasteiger partial charge in [0.05, 0.1) is 0 Å². The van der Waals surface area contributed by atoms with Crippen molar-refractivity contribution in [1.82, 2.24) is 0 Å². The van der Waals surface area contributed by atoms with Crippen molar-refractivity contribution in [2.45, 2.75) is 40.0 Å². The Labute approximate surface area is 112 Å². The van der Waals surface area contributed by atoms with Gasteiger partial charge in [0.15, 0.2) is 0 Å². The van der Waals surface area contributed by atoms with Crippen molar-refractivity contribution >= 4 is 0 Å². The minimum absolute atomic E-state index is 1.04. The lowest BCUT2D eigenvalue weighted by Gasteiger charge is -2.05. The van der Waals surface area contributed by atoms with Gasteiger partial charge in [-0.1, -0.05) is 62.9 Å². The summed E-state index contributed by atoms with van der Waals surface area (Å²) in [5.74, 6) is 0. The third-order valence-corrected chi connectivity index (χ3v) is 3.19. The van der Waals surface area contributed by atoms with E-state index in [1.807, 2.05) is 19.9 Å². The van der Waals surface area contributed by atoms with Gasteiger partial charge in [-0.05, 0) is 48.5 Å². The van der Waals surface area contributed by atoms with E-state index in [-0.39, 0.29) is 0 Å². The quantitative estimate of drug-likeness (QED) is 0.661. The average molecular weight is 240 g/mol. The predicted molar refractivity (Wildman–Crippen MR) is 81.9 cm³/mol. The molecule has 0 heteroatoms. The van der Waals surface area contributed by atoms with Crippen LogP contribution in [-0.4, -0.2) is 0 Å². The van der Waals surface area contributed by atoms with Gasteiger partial charge in [0.2, 0.25) is 0 Å². The first kappa shape index (κ1) is 14.5. The molecule has 18 heavy (non-hydrogen) atoms. The lowest BCUT2D eigenvalue weighted by Crippen LogP contribution is -1.91. The molecule has 0 heterocycles. The number of allylic oxidation sites excluding steroid dienone is 5. The number of benzene rings is 1. The van der Waals surface area contributed by atoms with Crippen LogP contribution in [0.4, 0.5) is 0 Å². The minimum atomic E-state index is 1.04. The van der Waals surface area contributed by atoms with Crippen LogP contribution in [0.5, 0.6) is 0 Å². The molecule has 96 valence electrons. The van der Waals surface area contributed by atoms with Gasteiger partial charge in [0.25, 0.3) is 0 Å². The van der Waals surface area contributed by atoms with Crippen molar-refractivity contribution in [3.05, 3.63) is 71.3 Å². The number of rotatable bonds is 2. The molecule has 0 spiro atoms. The van der Waals surface area contributed by atoms with Crippen LogP contribution in [0.2, 0.25) is 0 Å². The molecule has 1 aliphatic carbocycles. The molecule has 0 bridgehead atoms. The Balaban J connectivity index is 0.000000771. The maximum absolute atomic E-state index is 3.93. The van der Waals surface area contributed by atoms with Crippen molar-refractivity contribution in [2.24, 2.45) is 0 Å². The molecule has 0 N–H and O–H groups in total. The van der Waals surface area contributed by atoms with E-state index < -0.39 is 0 Å². The summed E-state index contributed by atoms with van der Waals surface area (Å²) in [6.45, 7) is 10.0. The largest absolute Gasteiger partial charge is 0.0988 e. The van der Waals surface area contributed by atoms with Gasteiger partial charge < -0.3 is 0 Å². The fraction of sp³-hybridized carbons (Fsp3) is 0.333. The number of fused-ring (bicyclic) bond motifs is 1. The Kier molecular flexibility index (Phi) is 6.21. The molecule has 1 aliphatic rings. The fourth-order valence-electron chi connectivity index (χ4n) is 2.32. The summed E-state index contributed by atoms with van der Waals surface area (Å²) in [7, 11) is 0. The molecular weight excluding hydrogens is 216 g/mol. The van der Waals surface area contributed by atoms with E-state index in [0.717, 1.165) is 19.3 Å². The zero-order chi connectivity index (χ0) is 13.4. The first-order chi connectivity index (χ1) is 8.85. The van der Waals surface area contributed by atoms with E-state index in [1.165, 1.54) is 22.3 Å². The Bertz CT molecular complexity index is 447. The fourth-order valence-corrected chi connectivity index (χ4v) is 2.32. The van der Waals surface area contributed by atoms with Gasteiger partial charge in [0.1, 0.15) is 0 Å². The Morgan fingerprint density at radius 2 is 1.67 bits per heavy atom. The van der Waals surface area contributed by atoms with Crippen LogP contribution in [0.1, 0.15) is 38.3 Å². The highest BCUT2D eigenvalue weighted by atomic mass is 14.2. The molecular formula is C18H24.